The van der Waals surface area contributed by atoms with Crippen molar-refractivity contribution >= 4 is 0 Å². The molecule has 1 heterocycles. The van der Waals surface area contributed by atoms with Gasteiger partial charge in [-0.15, -0.1) is 13.2 Å². The predicted molar refractivity (Wildman–Crippen MR) is 57.9 cm³/mol. The van der Waals surface area contributed by atoms with Crippen LogP contribution < -0.4 is 10.1 Å². The summed E-state index contributed by atoms with van der Waals surface area (Å²) in [5.74, 6) is -0.0602. The van der Waals surface area contributed by atoms with E-state index in [9.17, 15) is 13.2 Å². The molecule has 0 saturated heterocycles. The number of fused-ring (bicyclic) bond motifs is 1. The van der Waals surface area contributed by atoms with Crippen LogP contribution in [0, 0.1) is 0 Å². The van der Waals surface area contributed by atoms with E-state index in [2.05, 4.69) is 10.1 Å². The molecule has 2 nitrogen and oxygen atoms in total. The molecule has 17 heavy (non-hydrogen) atoms. The first-order valence-corrected chi connectivity index (χ1v) is 5.62. The van der Waals surface area contributed by atoms with E-state index in [4.69, 9.17) is 0 Å². The first-order valence-electron chi connectivity index (χ1n) is 5.62. The van der Waals surface area contributed by atoms with Crippen molar-refractivity contribution in [2.75, 3.05) is 6.54 Å². The molecule has 1 atom stereocenters. The predicted octanol–water partition coefficient (Wildman–Crippen LogP) is 3.18. The lowest BCUT2D eigenvalue weighted by Gasteiger charge is -2.27. The fourth-order valence-corrected chi connectivity index (χ4v) is 2.24. The Labute approximate surface area is 97.8 Å². The van der Waals surface area contributed by atoms with Gasteiger partial charge in [-0.05, 0) is 31.0 Å². The van der Waals surface area contributed by atoms with Gasteiger partial charge in [0.15, 0.2) is 0 Å². The van der Waals surface area contributed by atoms with Crippen LogP contribution in [-0.2, 0) is 6.42 Å². The summed E-state index contributed by atoms with van der Waals surface area (Å²) in [5.41, 5.74) is 1.59. The smallest absolute Gasteiger partial charge is 0.405 e. The minimum atomic E-state index is -4.62. The van der Waals surface area contributed by atoms with E-state index in [1.54, 1.807) is 6.07 Å². The highest BCUT2D eigenvalue weighted by Crippen LogP contribution is 2.34. The van der Waals surface area contributed by atoms with Crippen molar-refractivity contribution in [2.45, 2.75) is 32.2 Å². The van der Waals surface area contributed by atoms with Gasteiger partial charge in [-0.3, -0.25) is 0 Å². The zero-order chi connectivity index (χ0) is 12.5. The van der Waals surface area contributed by atoms with Crippen molar-refractivity contribution in [3.63, 3.8) is 0 Å². The molecule has 1 aliphatic heterocycles. The second-order valence-electron chi connectivity index (χ2n) is 4.04. The molecule has 0 radical (unpaired) electrons. The van der Waals surface area contributed by atoms with Crippen LogP contribution in [0.25, 0.3) is 0 Å². The summed E-state index contributed by atoms with van der Waals surface area (Å²) in [6.07, 6.45) is -3.21. The number of alkyl halides is 3. The number of halogens is 3. The van der Waals surface area contributed by atoms with Crippen LogP contribution in [0.2, 0.25) is 0 Å². The molecule has 1 aromatic carbocycles. The Balaban J connectivity index is 2.36. The number of hydrogen-bond acceptors (Lipinski definition) is 2. The lowest BCUT2D eigenvalue weighted by molar-refractivity contribution is -0.274. The molecule has 1 aliphatic rings. The first-order chi connectivity index (χ1) is 8.01. The minimum absolute atomic E-state index is 0.0602. The van der Waals surface area contributed by atoms with E-state index in [-0.39, 0.29) is 11.8 Å². The minimum Gasteiger partial charge on any atom is -0.405 e. The van der Waals surface area contributed by atoms with Crippen molar-refractivity contribution in [3.05, 3.63) is 29.3 Å². The maximum absolute atomic E-state index is 12.3. The van der Waals surface area contributed by atoms with Crippen LogP contribution in [-0.4, -0.2) is 12.9 Å². The maximum Gasteiger partial charge on any atom is 0.573 e. The summed E-state index contributed by atoms with van der Waals surface area (Å²) in [4.78, 5) is 0. The molecule has 1 unspecified atom stereocenters. The molecule has 1 N–H and O–H groups in total. The monoisotopic (exact) mass is 245 g/mol. The highest BCUT2D eigenvalue weighted by atomic mass is 19.4. The van der Waals surface area contributed by atoms with Crippen molar-refractivity contribution in [1.29, 1.82) is 0 Å². The fraction of sp³-hybridized carbons (Fsp3) is 0.500. The van der Waals surface area contributed by atoms with Gasteiger partial charge in [0.2, 0.25) is 0 Å². The van der Waals surface area contributed by atoms with Gasteiger partial charge in [0, 0.05) is 11.6 Å². The summed E-state index contributed by atoms with van der Waals surface area (Å²) in [6.45, 7) is 2.69. The highest BCUT2D eigenvalue weighted by molar-refractivity contribution is 5.43. The van der Waals surface area contributed by atoms with Gasteiger partial charge in [0.25, 0.3) is 0 Å². The third-order valence-corrected chi connectivity index (χ3v) is 2.94. The molecule has 0 saturated carbocycles. The average molecular weight is 245 g/mol. The second kappa shape index (κ2) is 4.56. The molecule has 0 amide bonds. The standard InChI is InChI=1S/C12H14F3NO/c1-2-10-8-4-3-5-11(17-12(13,14)15)9(8)6-7-16-10/h3-5,10,16H,2,6-7H2,1H3. The number of hydrogen-bond donors (Lipinski definition) is 1. The van der Waals surface area contributed by atoms with E-state index in [1.807, 2.05) is 13.0 Å². The Morgan fingerprint density at radius 2 is 2.18 bits per heavy atom. The van der Waals surface area contributed by atoms with Crippen molar-refractivity contribution in [1.82, 2.24) is 5.32 Å². The van der Waals surface area contributed by atoms with Gasteiger partial charge in [-0.1, -0.05) is 19.1 Å². The summed E-state index contributed by atoms with van der Waals surface area (Å²) in [7, 11) is 0. The first kappa shape index (κ1) is 12.2. The molecular weight excluding hydrogens is 231 g/mol. The highest BCUT2D eigenvalue weighted by Gasteiger charge is 2.33. The molecule has 94 valence electrons. The van der Waals surface area contributed by atoms with Crippen LogP contribution >= 0.6 is 0 Å². The number of benzene rings is 1. The average Bonchev–Trinajstić information content (AvgIpc) is 2.27. The SMILES string of the molecule is CCC1NCCc2c(OC(F)(F)F)cccc21. The molecule has 0 bridgehead atoms. The lowest BCUT2D eigenvalue weighted by Crippen LogP contribution is -2.30. The third-order valence-electron chi connectivity index (χ3n) is 2.94. The number of rotatable bonds is 2. The topological polar surface area (TPSA) is 21.3 Å². The van der Waals surface area contributed by atoms with Crippen LogP contribution in [0.1, 0.15) is 30.5 Å². The Kier molecular flexibility index (Phi) is 3.28. The van der Waals surface area contributed by atoms with E-state index in [0.717, 1.165) is 12.0 Å². The van der Waals surface area contributed by atoms with Crippen LogP contribution in [0.3, 0.4) is 0 Å². The molecule has 5 heteroatoms. The lowest BCUT2D eigenvalue weighted by atomic mass is 9.92. The summed E-state index contributed by atoms with van der Waals surface area (Å²) >= 11 is 0. The summed E-state index contributed by atoms with van der Waals surface area (Å²) in [5, 5.41) is 3.28. The van der Waals surface area contributed by atoms with Crippen molar-refractivity contribution in [3.8, 4) is 5.75 Å². The third kappa shape index (κ3) is 2.72. The van der Waals surface area contributed by atoms with Crippen LogP contribution in [0.5, 0.6) is 5.75 Å². The normalized spacial score (nSPS) is 19.9. The zero-order valence-corrected chi connectivity index (χ0v) is 9.47. The van der Waals surface area contributed by atoms with Gasteiger partial charge in [0.05, 0.1) is 0 Å². The van der Waals surface area contributed by atoms with E-state index in [1.165, 1.54) is 6.07 Å². The Morgan fingerprint density at radius 1 is 1.41 bits per heavy atom. The fourth-order valence-electron chi connectivity index (χ4n) is 2.24. The number of nitrogens with one attached hydrogen (secondary N) is 1. The number of ether oxygens (including phenoxy) is 1. The quantitative estimate of drug-likeness (QED) is 0.864. The maximum atomic E-state index is 12.3. The molecule has 0 fully saturated rings. The van der Waals surface area contributed by atoms with Crippen LogP contribution in [0.4, 0.5) is 13.2 Å². The Hall–Kier alpha value is -1.23. The van der Waals surface area contributed by atoms with Crippen LogP contribution in [0.15, 0.2) is 18.2 Å². The summed E-state index contributed by atoms with van der Waals surface area (Å²) in [6, 6.07) is 4.97. The van der Waals surface area contributed by atoms with Gasteiger partial charge >= 0.3 is 6.36 Å². The Bertz CT molecular complexity index is 403. The molecule has 1 aromatic rings. The zero-order valence-electron chi connectivity index (χ0n) is 9.47. The van der Waals surface area contributed by atoms with E-state index in [0.29, 0.717) is 18.5 Å². The molecular formula is C12H14F3NO. The summed E-state index contributed by atoms with van der Waals surface area (Å²) < 4.78 is 40.8. The molecule has 0 aliphatic carbocycles. The van der Waals surface area contributed by atoms with Crippen molar-refractivity contribution in [2.24, 2.45) is 0 Å². The largest absolute Gasteiger partial charge is 0.573 e. The van der Waals surface area contributed by atoms with E-state index >= 15 is 0 Å². The molecule has 0 aromatic heterocycles. The van der Waals surface area contributed by atoms with Gasteiger partial charge < -0.3 is 10.1 Å². The van der Waals surface area contributed by atoms with E-state index < -0.39 is 6.36 Å². The molecule has 0 spiro atoms. The molecule has 2 rings (SSSR count). The van der Waals surface area contributed by atoms with Gasteiger partial charge in [0.1, 0.15) is 5.75 Å². The van der Waals surface area contributed by atoms with Crippen molar-refractivity contribution < 1.29 is 17.9 Å². The Morgan fingerprint density at radius 3 is 2.82 bits per heavy atom. The second-order valence-corrected chi connectivity index (χ2v) is 4.04. The van der Waals surface area contributed by atoms with Gasteiger partial charge in [-0.25, -0.2) is 0 Å². The van der Waals surface area contributed by atoms with Gasteiger partial charge in [-0.2, -0.15) is 0 Å².